The maximum atomic E-state index is 12.6. The van der Waals surface area contributed by atoms with Gasteiger partial charge in [-0.05, 0) is 24.3 Å². The van der Waals surface area contributed by atoms with Crippen molar-refractivity contribution in [3.63, 3.8) is 0 Å². The zero-order valence-electron chi connectivity index (χ0n) is 13.3. The highest BCUT2D eigenvalue weighted by atomic mass is 32.2. The summed E-state index contributed by atoms with van der Waals surface area (Å²) in [5.41, 5.74) is 0.346. The summed E-state index contributed by atoms with van der Waals surface area (Å²) in [5, 5.41) is 17.7. The minimum Gasteiger partial charge on any atom is -0.459 e. The number of nitrogens with zero attached hydrogens (tertiary/aromatic N) is 5. The van der Waals surface area contributed by atoms with E-state index in [1.54, 1.807) is 30.3 Å². The summed E-state index contributed by atoms with van der Waals surface area (Å²) in [6.45, 7) is -0.0754. The maximum absolute atomic E-state index is 12.6. The molecule has 0 spiro atoms. The molecular weight excluding hydrogens is 354 g/mol. The van der Waals surface area contributed by atoms with Crippen molar-refractivity contribution in [2.45, 2.75) is 17.5 Å². The predicted octanol–water partition coefficient (Wildman–Crippen LogP) is 2.86. The highest BCUT2D eigenvalue weighted by Gasteiger charge is 2.15. The first-order valence-electron chi connectivity index (χ1n) is 7.62. The first-order chi connectivity index (χ1) is 12.8. The van der Waals surface area contributed by atoms with Crippen molar-refractivity contribution in [1.29, 1.82) is 5.26 Å². The second-order valence-electron chi connectivity index (χ2n) is 5.23. The van der Waals surface area contributed by atoms with E-state index in [2.05, 4.69) is 15.2 Å². The quantitative estimate of drug-likeness (QED) is 0.496. The Balaban J connectivity index is 1.64. The Bertz CT molecular complexity index is 1160. The molecule has 0 N–H and O–H groups in total. The molecule has 1 aromatic carbocycles. The Morgan fingerprint density at radius 2 is 2.08 bits per heavy atom. The smallest absolute Gasteiger partial charge is 0.284 e. The topological polar surface area (TPSA) is 111 Å². The molecule has 0 unspecified atom stereocenters. The highest BCUT2D eigenvalue weighted by Crippen LogP contribution is 2.25. The van der Waals surface area contributed by atoms with E-state index in [0.717, 1.165) is 0 Å². The minimum absolute atomic E-state index is 0.0754. The molecule has 0 atom stereocenters. The summed E-state index contributed by atoms with van der Waals surface area (Å²) in [5.74, 6) is 1.53. The third kappa shape index (κ3) is 2.98. The third-order valence-electron chi connectivity index (χ3n) is 3.63. The lowest BCUT2D eigenvalue weighted by atomic mass is 10.2. The molecule has 0 amide bonds. The third-order valence-corrected chi connectivity index (χ3v) is 4.45. The molecule has 9 heteroatoms. The molecule has 0 aliphatic carbocycles. The van der Waals surface area contributed by atoms with E-state index in [4.69, 9.17) is 14.1 Å². The monoisotopic (exact) mass is 365 g/mol. The predicted molar refractivity (Wildman–Crippen MR) is 93.2 cm³/mol. The number of aromatic nitrogens is 4. The molecule has 0 aliphatic rings. The Labute approximate surface area is 151 Å². The van der Waals surface area contributed by atoms with Gasteiger partial charge in [-0.2, -0.15) is 5.26 Å². The number of rotatable bonds is 5. The fraction of sp³-hybridized carbons (Fsp3) is 0.118. The molecule has 0 aliphatic heterocycles. The lowest BCUT2D eigenvalue weighted by molar-refractivity contribution is 0.447. The van der Waals surface area contributed by atoms with Crippen LogP contribution in [0.2, 0.25) is 0 Å². The fourth-order valence-corrected chi connectivity index (χ4v) is 3.16. The first kappa shape index (κ1) is 16.1. The van der Waals surface area contributed by atoms with Crippen molar-refractivity contribution in [3.8, 4) is 17.7 Å². The van der Waals surface area contributed by atoms with Crippen LogP contribution in [-0.2, 0) is 12.3 Å². The van der Waals surface area contributed by atoms with Crippen molar-refractivity contribution in [2.75, 3.05) is 0 Å². The molecule has 8 nitrogen and oxygen atoms in total. The van der Waals surface area contributed by atoms with Gasteiger partial charge in [-0.3, -0.25) is 9.36 Å². The molecular formula is C17H11N5O3S. The Morgan fingerprint density at radius 3 is 2.88 bits per heavy atom. The zero-order chi connectivity index (χ0) is 17.9. The van der Waals surface area contributed by atoms with Gasteiger partial charge in [-0.25, -0.2) is 4.98 Å². The van der Waals surface area contributed by atoms with Gasteiger partial charge in [-0.15, -0.1) is 10.2 Å². The van der Waals surface area contributed by atoms with Crippen molar-refractivity contribution in [3.05, 3.63) is 58.8 Å². The lowest BCUT2D eigenvalue weighted by Gasteiger charge is -2.09. The number of benzene rings is 1. The number of para-hydroxylation sites is 1. The van der Waals surface area contributed by atoms with Gasteiger partial charge in [0.2, 0.25) is 0 Å². The Morgan fingerprint density at radius 1 is 1.19 bits per heavy atom. The SMILES string of the molecule is N#CCn1c(CSc2nnc(-c3ccco3)o2)nc2ccccc2c1=O. The average Bonchev–Trinajstić information content (AvgIpc) is 3.34. The average molecular weight is 365 g/mol. The highest BCUT2D eigenvalue weighted by molar-refractivity contribution is 7.98. The Kier molecular flexibility index (Phi) is 4.25. The summed E-state index contributed by atoms with van der Waals surface area (Å²) in [4.78, 5) is 17.1. The van der Waals surface area contributed by atoms with Gasteiger partial charge >= 0.3 is 0 Å². The summed E-state index contributed by atoms with van der Waals surface area (Å²) < 4.78 is 12.1. The van der Waals surface area contributed by atoms with Gasteiger partial charge in [0.05, 0.1) is 29.0 Å². The molecule has 26 heavy (non-hydrogen) atoms. The van der Waals surface area contributed by atoms with Crippen LogP contribution >= 0.6 is 11.8 Å². The van der Waals surface area contributed by atoms with Crippen molar-refractivity contribution < 1.29 is 8.83 Å². The Hall–Kier alpha value is -3.38. The van der Waals surface area contributed by atoms with Crippen LogP contribution in [0.15, 0.2) is 61.5 Å². The largest absolute Gasteiger partial charge is 0.459 e. The number of nitriles is 1. The van der Waals surface area contributed by atoms with Crippen LogP contribution in [0.1, 0.15) is 5.82 Å². The molecule has 0 fully saturated rings. The van der Waals surface area contributed by atoms with Gasteiger partial charge < -0.3 is 8.83 Å². The molecule has 128 valence electrons. The van der Waals surface area contributed by atoms with Gasteiger partial charge in [0.1, 0.15) is 12.4 Å². The van der Waals surface area contributed by atoms with E-state index in [9.17, 15) is 4.79 Å². The molecule has 0 radical (unpaired) electrons. The van der Waals surface area contributed by atoms with Crippen LogP contribution in [0.25, 0.3) is 22.6 Å². The number of thioether (sulfide) groups is 1. The van der Waals surface area contributed by atoms with E-state index in [0.29, 0.717) is 33.5 Å². The van der Waals surface area contributed by atoms with E-state index < -0.39 is 0 Å². The normalized spacial score (nSPS) is 10.9. The molecule has 0 saturated carbocycles. The molecule has 0 saturated heterocycles. The number of furan rings is 1. The number of hydrogen-bond acceptors (Lipinski definition) is 8. The van der Waals surface area contributed by atoms with Crippen molar-refractivity contribution in [1.82, 2.24) is 19.7 Å². The summed E-state index contributed by atoms with van der Waals surface area (Å²) in [6.07, 6.45) is 1.52. The van der Waals surface area contributed by atoms with E-state index in [-0.39, 0.29) is 18.0 Å². The number of hydrogen-bond donors (Lipinski definition) is 0. The maximum Gasteiger partial charge on any atom is 0.284 e. The molecule has 3 aromatic heterocycles. The first-order valence-corrected chi connectivity index (χ1v) is 8.60. The van der Waals surface area contributed by atoms with Crippen LogP contribution in [0.4, 0.5) is 0 Å². The van der Waals surface area contributed by atoms with Crippen LogP contribution in [0.5, 0.6) is 0 Å². The van der Waals surface area contributed by atoms with Crippen molar-refractivity contribution >= 4 is 22.7 Å². The van der Waals surface area contributed by atoms with E-state index >= 15 is 0 Å². The minimum atomic E-state index is -0.241. The van der Waals surface area contributed by atoms with Crippen LogP contribution in [0, 0.1) is 11.3 Å². The fourth-order valence-electron chi connectivity index (χ4n) is 2.45. The van der Waals surface area contributed by atoms with Crippen molar-refractivity contribution in [2.24, 2.45) is 0 Å². The lowest BCUT2D eigenvalue weighted by Crippen LogP contribution is -2.24. The van der Waals surface area contributed by atoms with Gasteiger partial charge in [0, 0.05) is 0 Å². The zero-order valence-corrected chi connectivity index (χ0v) is 14.1. The molecule has 0 bridgehead atoms. The van der Waals surface area contributed by atoms with Crippen LogP contribution in [0.3, 0.4) is 0 Å². The molecule has 4 rings (SSSR count). The molecule has 4 aromatic rings. The summed E-state index contributed by atoms with van der Waals surface area (Å²) in [7, 11) is 0. The number of fused-ring (bicyclic) bond motifs is 1. The van der Waals surface area contributed by atoms with E-state index in [1.165, 1.54) is 22.6 Å². The molecule has 3 heterocycles. The second kappa shape index (κ2) is 6.85. The van der Waals surface area contributed by atoms with E-state index in [1.807, 2.05) is 12.1 Å². The van der Waals surface area contributed by atoms with Crippen LogP contribution in [-0.4, -0.2) is 19.7 Å². The second-order valence-corrected chi connectivity index (χ2v) is 6.16. The van der Waals surface area contributed by atoms with Gasteiger partial charge in [0.15, 0.2) is 5.76 Å². The van der Waals surface area contributed by atoms with Crippen LogP contribution < -0.4 is 5.56 Å². The standard InChI is InChI=1S/C17H11N5O3S/c18-7-8-22-14(19-12-5-2-1-4-11(12)16(22)23)10-26-17-21-20-15(25-17)13-6-3-9-24-13/h1-6,9H,8,10H2. The summed E-state index contributed by atoms with van der Waals surface area (Å²) in [6, 6.07) is 12.5. The van der Waals surface area contributed by atoms with Gasteiger partial charge in [-0.1, -0.05) is 23.9 Å². The summed E-state index contributed by atoms with van der Waals surface area (Å²) >= 11 is 1.24. The van der Waals surface area contributed by atoms with Gasteiger partial charge in [0.25, 0.3) is 16.7 Å².